The van der Waals surface area contributed by atoms with Crippen LogP contribution in [0.1, 0.15) is 51.0 Å². The number of hydrogen-bond donors (Lipinski definition) is 1. The van der Waals surface area contributed by atoms with Crippen LogP contribution in [0.25, 0.3) is 0 Å². The van der Waals surface area contributed by atoms with Gasteiger partial charge >= 0.3 is 5.69 Å². The third-order valence-electron chi connectivity index (χ3n) is 6.53. The number of amides is 2. The number of methoxy groups -OCH3 is 1. The van der Waals surface area contributed by atoms with Crippen LogP contribution in [0, 0.1) is 10.1 Å². The highest BCUT2D eigenvalue weighted by Crippen LogP contribution is 2.30. The Bertz CT molecular complexity index is 1020. The molecule has 9 heteroatoms. The summed E-state index contributed by atoms with van der Waals surface area (Å²) in [5, 5.41) is 14.3. The highest BCUT2D eigenvalue weighted by molar-refractivity contribution is 5.88. The summed E-state index contributed by atoms with van der Waals surface area (Å²) in [7, 11) is 1.33. The number of nitro benzene ring substituents is 1. The lowest BCUT2D eigenvalue weighted by Crippen LogP contribution is -2.53. The van der Waals surface area contributed by atoms with Crippen LogP contribution >= 0.6 is 0 Å². The second kappa shape index (κ2) is 13.5. The predicted octanol–water partition coefficient (Wildman–Crippen LogP) is 4.28. The number of nitrogens with one attached hydrogen (secondary N) is 1. The molecule has 0 heterocycles. The van der Waals surface area contributed by atoms with Crippen molar-refractivity contribution in [3.8, 4) is 11.5 Å². The Balaban J connectivity index is 1.72. The molecule has 1 fully saturated rings. The van der Waals surface area contributed by atoms with Gasteiger partial charge in [0.15, 0.2) is 6.61 Å². The molecule has 0 radical (unpaired) electrons. The summed E-state index contributed by atoms with van der Waals surface area (Å²) in [4.78, 5) is 38.8. The summed E-state index contributed by atoms with van der Waals surface area (Å²) >= 11 is 0. The number of carbonyl (C=O) groups is 2. The molecule has 3 rings (SSSR count). The van der Waals surface area contributed by atoms with E-state index < -0.39 is 11.0 Å². The Hall–Kier alpha value is -3.62. The van der Waals surface area contributed by atoms with Crippen molar-refractivity contribution >= 4 is 17.5 Å². The lowest BCUT2D eigenvalue weighted by atomic mass is 9.95. The number of nitrogens with zero attached hydrogens (tertiary/aromatic N) is 2. The molecule has 1 aliphatic carbocycles. The molecule has 2 aromatic rings. The van der Waals surface area contributed by atoms with Crippen LogP contribution in [-0.2, 0) is 16.0 Å². The Labute approximate surface area is 211 Å². The third kappa shape index (κ3) is 7.44. The van der Waals surface area contributed by atoms with Crippen LogP contribution in [-0.4, -0.2) is 54.0 Å². The fourth-order valence-electron chi connectivity index (χ4n) is 4.57. The van der Waals surface area contributed by atoms with Crippen LogP contribution in [0.4, 0.5) is 5.69 Å². The summed E-state index contributed by atoms with van der Waals surface area (Å²) < 4.78 is 10.8. The quantitative estimate of drug-likeness (QED) is 0.346. The first kappa shape index (κ1) is 27.0. The molecule has 0 saturated heterocycles. The van der Waals surface area contributed by atoms with Crippen LogP contribution in [0.3, 0.4) is 0 Å². The monoisotopic (exact) mass is 497 g/mol. The molecule has 9 nitrogen and oxygen atoms in total. The molecule has 1 N–H and O–H groups in total. The largest absolute Gasteiger partial charge is 0.490 e. The standard InChI is InChI=1S/C27H35N3O6/c1-3-23(27(32)28-21-12-8-5-9-13-21)29(17-16-20-10-6-4-7-11-20)26(31)19-36-22-14-15-24(30(33)34)25(18-22)35-2/h4,6-7,10-11,14-15,18,21,23H,3,5,8-9,12-13,16-17,19H2,1-2H3,(H,28,32)/t23-/m0/s1. The Morgan fingerprint density at radius 3 is 2.50 bits per heavy atom. The molecule has 1 saturated carbocycles. The minimum atomic E-state index is -0.613. The molecule has 194 valence electrons. The summed E-state index contributed by atoms with van der Waals surface area (Å²) in [5.74, 6) is -0.144. The lowest BCUT2D eigenvalue weighted by Gasteiger charge is -2.32. The van der Waals surface area contributed by atoms with Crippen molar-refractivity contribution in [2.24, 2.45) is 0 Å². The predicted molar refractivity (Wildman–Crippen MR) is 136 cm³/mol. The average Bonchev–Trinajstić information content (AvgIpc) is 2.90. The van der Waals surface area contributed by atoms with Gasteiger partial charge in [-0.05, 0) is 37.3 Å². The Morgan fingerprint density at radius 2 is 1.86 bits per heavy atom. The lowest BCUT2D eigenvalue weighted by molar-refractivity contribution is -0.385. The van der Waals surface area contributed by atoms with Gasteiger partial charge in [-0.2, -0.15) is 0 Å². The van der Waals surface area contributed by atoms with Crippen LogP contribution < -0.4 is 14.8 Å². The van der Waals surface area contributed by atoms with Crippen LogP contribution in [0.2, 0.25) is 0 Å². The van der Waals surface area contributed by atoms with Crippen molar-refractivity contribution < 1.29 is 24.0 Å². The molecule has 0 aromatic heterocycles. The van der Waals surface area contributed by atoms with Gasteiger partial charge < -0.3 is 19.7 Å². The van der Waals surface area contributed by atoms with Crippen molar-refractivity contribution in [1.29, 1.82) is 0 Å². The molecular weight excluding hydrogens is 462 g/mol. The number of rotatable bonds is 12. The van der Waals surface area contributed by atoms with E-state index in [2.05, 4.69) is 5.32 Å². The van der Waals surface area contributed by atoms with Crippen molar-refractivity contribution in [3.63, 3.8) is 0 Å². The first-order valence-corrected chi connectivity index (χ1v) is 12.5. The average molecular weight is 498 g/mol. The van der Waals surface area contributed by atoms with Gasteiger partial charge in [0.05, 0.1) is 12.0 Å². The van der Waals surface area contributed by atoms with Gasteiger partial charge in [-0.1, -0.05) is 56.5 Å². The van der Waals surface area contributed by atoms with Gasteiger partial charge in [-0.15, -0.1) is 0 Å². The number of nitro groups is 1. The summed E-state index contributed by atoms with van der Waals surface area (Å²) in [5.41, 5.74) is 0.880. The van der Waals surface area contributed by atoms with Gasteiger partial charge in [0.1, 0.15) is 11.8 Å². The molecular formula is C27H35N3O6. The van der Waals surface area contributed by atoms with Gasteiger partial charge in [0, 0.05) is 24.7 Å². The number of ether oxygens (including phenoxy) is 2. The summed E-state index contributed by atoms with van der Waals surface area (Å²) in [6, 6.07) is 13.4. The smallest absolute Gasteiger partial charge is 0.311 e. The topological polar surface area (TPSA) is 111 Å². The highest BCUT2D eigenvalue weighted by Gasteiger charge is 2.30. The Morgan fingerprint density at radius 1 is 1.14 bits per heavy atom. The molecule has 0 bridgehead atoms. The molecule has 1 aliphatic rings. The van der Waals surface area contributed by atoms with Gasteiger partial charge in [-0.25, -0.2) is 0 Å². The van der Waals surface area contributed by atoms with Gasteiger partial charge in [0.25, 0.3) is 5.91 Å². The number of carbonyl (C=O) groups excluding carboxylic acids is 2. The maximum Gasteiger partial charge on any atom is 0.311 e. The van der Waals surface area contributed by atoms with Crippen LogP contribution in [0.15, 0.2) is 48.5 Å². The molecule has 0 spiro atoms. The first-order valence-electron chi connectivity index (χ1n) is 12.5. The van der Waals surface area contributed by atoms with Crippen molar-refractivity contribution in [2.75, 3.05) is 20.3 Å². The fourth-order valence-corrected chi connectivity index (χ4v) is 4.57. The Kier molecular flexibility index (Phi) is 10.1. The third-order valence-corrected chi connectivity index (χ3v) is 6.53. The van der Waals surface area contributed by atoms with E-state index in [-0.39, 0.29) is 41.6 Å². The van der Waals surface area contributed by atoms with Gasteiger partial charge in [0.2, 0.25) is 11.7 Å². The molecule has 1 atom stereocenters. The summed E-state index contributed by atoms with van der Waals surface area (Å²) in [6.45, 7) is 1.96. The highest BCUT2D eigenvalue weighted by atomic mass is 16.6. The van der Waals surface area contributed by atoms with E-state index in [0.29, 0.717) is 19.4 Å². The van der Waals surface area contributed by atoms with E-state index in [1.54, 1.807) is 4.90 Å². The van der Waals surface area contributed by atoms with E-state index >= 15 is 0 Å². The van der Waals surface area contributed by atoms with E-state index in [0.717, 1.165) is 31.2 Å². The normalized spacial score (nSPS) is 14.5. The minimum Gasteiger partial charge on any atom is -0.490 e. The molecule has 2 aromatic carbocycles. The maximum atomic E-state index is 13.3. The van der Waals surface area contributed by atoms with Crippen molar-refractivity contribution in [1.82, 2.24) is 10.2 Å². The number of hydrogen-bond acceptors (Lipinski definition) is 6. The fraction of sp³-hybridized carbons (Fsp3) is 0.481. The van der Waals surface area contributed by atoms with E-state index in [1.165, 1.54) is 31.7 Å². The molecule has 2 amide bonds. The number of benzene rings is 2. The summed E-state index contributed by atoms with van der Waals surface area (Å²) in [6.07, 6.45) is 6.40. The van der Waals surface area contributed by atoms with E-state index in [1.807, 2.05) is 37.3 Å². The maximum absolute atomic E-state index is 13.3. The van der Waals surface area contributed by atoms with E-state index in [4.69, 9.17) is 9.47 Å². The van der Waals surface area contributed by atoms with Crippen molar-refractivity contribution in [3.05, 3.63) is 64.2 Å². The zero-order valence-electron chi connectivity index (χ0n) is 21.0. The van der Waals surface area contributed by atoms with E-state index in [9.17, 15) is 19.7 Å². The van der Waals surface area contributed by atoms with Crippen molar-refractivity contribution in [2.45, 2.75) is 64.0 Å². The molecule has 36 heavy (non-hydrogen) atoms. The van der Waals surface area contributed by atoms with Crippen LogP contribution in [0.5, 0.6) is 11.5 Å². The molecule has 0 aliphatic heterocycles. The molecule has 0 unspecified atom stereocenters. The first-order chi connectivity index (χ1) is 17.4. The minimum absolute atomic E-state index is 0.0455. The second-order valence-electron chi connectivity index (χ2n) is 8.97. The SMILES string of the molecule is CC[C@@H](C(=O)NC1CCCCC1)N(CCc1ccccc1)C(=O)COc1ccc([N+](=O)[O-])c(OC)c1. The zero-order valence-corrected chi connectivity index (χ0v) is 21.0. The van der Waals surface area contributed by atoms with Gasteiger partial charge in [-0.3, -0.25) is 19.7 Å². The second-order valence-corrected chi connectivity index (χ2v) is 8.97. The zero-order chi connectivity index (χ0) is 25.9.